The number of carbonyl (C=O) groups is 2. The molecule has 6 heteroatoms. The Bertz CT molecular complexity index is 353. The number of esters is 1. The van der Waals surface area contributed by atoms with Crippen LogP contribution in [0.3, 0.4) is 0 Å². The van der Waals surface area contributed by atoms with Crippen LogP contribution in [0.15, 0.2) is 0 Å². The van der Waals surface area contributed by atoms with Crippen LogP contribution in [0.5, 0.6) is 0 Å². The zero-order chi connectivity index (χ0) is 17.3. The number of hydrogen-bond acceptors (Lipinski definition) is 4. The number of halogens is 1. The maximum absolute atomic E-state index is 12.5. The number of ether oxygens (including phenoxy) is 2. The van der Waals surface area contributed by atoms with Crippen LogP contribution in [0.25, 0.3) is 0 Å². The Morgan fingerprint density at radius 2 is 1.77 bits per heavy atom. The van der Waals surface area contributed by atoms with E-state index < -0.39 is 23.7 Å². The number of nitrogens with zero attached hydrogens (tertiary/aromatic N) is 1. The first-order chi connectivity index (χ1) is 10.1. The number of carbonyl (C=O) groups excluding carboxylic acids is 2. The van der Waals surface area contributed by atoms with E-state index >= 15 is 0 Å². The van der Waals surface area contributed by atoms with Crippen LogP contribution in [0.2, 0.25) is 0 Å². The second kappa shape index (κ2) is 9.93. The molecule has 0 saturated carbocycles. The van der Waals surface area contributed by atoms with Gasteiger partial charge in [-0.05, 0) is 46.5 Å². The highest BCUT2D eigenvalue weighted by Gasteiger charge is 2.35. The Kier molecular flexibility index (Phi) is 9.49. The summed E-state index contributed by atoms with van der Waals surface area (Å²) in [5, 5.41) is 0. The minimum absolute atomic E-state index is 0.0671. The first-order valence-corrected chi connectivity index (χ1v) is 8.39. The molecule has 0 radical (unpaired) electrons. The van der Waals surface area contributed by atoms with Gasteiger partial charge in [0.25, 0.3) is 0 Å². The molecule has 1 amide bonds. The van der Waals surface area contributed by atoms with Crippen LogP contribution in [0, 0.1) is 5.92 Å². The van der Waals surface area contributed by atoms with E-state index in [2.05, 4.69) is 0 Å². The third-order valence-corrected chi connectivity index (χ3v) is 3.17. The largest absolute Gasteiger partial charge is 0.464 e. The Hall–Kier alpha value is -0.970. The van der Waals surface area contributed by atoms with Crippen LogP contribution in [0.1, 0.15) is 54.4 Å². The average molecular weight is 336 g/mol. The van der Waals surface area contributed by atoms with E-state index in [0.29, 0.717) is 18.8 Å². The van der Waals surface area contributed by atoms with E-state index in [9.17, 15) is 9.59 Å². The summed E-state index contributed by atoms with van der Waals surface area (Å²) in [6.45, 7) is 11.6. The number of unbranched alkanes of at least 4 members (excludes halogenated alkanes) is 1. The fourth-order valence-corrected chi connectivity index (χ4v) is 2.22. The average Bonchev–Trinajstić information content (AvgIpc) is 2.35. The maximum Gasteiger partial charge on any atom is 0.411 e. The molecular formula is C16H30ClNO4. The van der Waals surface area contributed by atoms with Gasteiger partial charge in [-0.2, -0.15) is 0 Å². The normalized spacial score (nSPS) is 12.9. The molecule has 0 aromatic heterocycles. The van der Waals surface area contributed by atoms with Crippen LogP contribution in [-0.2, 0) is 14.3 Å². The maximum atomic E-state index is 12.5. The summed E-state index contributed by atoms with van der Waals surface area (Å²) in [5.41, 5.74) is -0.613. The molecule has 0 fully saturated rings. The van der Waals surface area contributed by atoms with Gasteiger partial charge in [-0.3, -0.25) is 4.90 Å². The minimum Gasteiger partial charge on any atom is -0.464 e. The number of rotatable bonds is 8. The molecule has 22 heavy (non-hydrogen) atoms. The standard InChI is InChI=1S/C16H30ClNO4/c1-7-21-14(19)13(12(2)3)18(11-9-8-10-17)15(20)22-16(4,5)6/h12-13H,7-11H2,1-6H3/t13-/m0/s1. The number of amides is 1. The van der Waals surface area contributed by atoms with E-state index in [4.69, 9.17) is 21.1 Å². The monoisotopic (exact) mass is 335 g/mol. The van der Waals surface area contributed by atoms with E-state index in [0.717, 1.165) is 6.42 Å². The fourth-order valence-electron chi connectivity index (χ4n) is 2.03. The molecule has 0 aromatic carbocycles. The summed E-state index contributed by atoms with van der Waals surface area (Å²) in [7, 11) is 0. The van der Waals surface area contributed by atoms with Crippen molar-refractivity contribution in [3.8, 4) is 0 Å². The topological polar surface area (TPSA) is 55.8 Å². The summed E-state index contributed by atoms with van der Waals surface area (Å²) in [5.74, 6) is 0.0604. The zero-order valence-electron chi connectivity index (χ0n) is 14.6. The van der Waals surface area contributed by atoms with Gasteiger partial charge in [-0.25, -0.2) is 9.59 Å². The minimum atomic E-state index is -0.648. The predicted molar refractivity (Wildman–Crippen MR) is 88.2 cm³/mol. The highest BCUT2D eigenvalue weighted by Crippen LogP contribution is 2.18. The molecule has 1 atom stereocenters. The van der Waals surface area contributed by atoms with Crippen molar-refractivity contribution >= 4 is 23.7 Å². The van der Waals surface area contributed by atoms with Gasteiger partial charge in [0.15, 0.2) is 0 Å². The molecule has 0 aromatic rings. The van der Waals surface area contributed by atoms with Crippen molar-refractivity contribution in [1.29, 1.82) is 0 Å². The number of hydrogen-bond donors (Lipinski definition) is 0. The molecule has 5 nitrogen and oxygen atoms in total. The fraction of sp³-hybridized carbons (Fsp3) is 0.875. The van der Waals surface area contributed by atoms with Crippen molar-refractivity contribution in [1.82, 2.24) is 4.90 Å². The summed E-state index contributed by atoms with van der Waals surface area (Å²) >= 11 is 5.70. The molecule has 0 saturated heterocycles. The summed E-state index contributed by atoms with van der Waals surface area (Å²) in [6, 6.07) is -0.648. The summed E-state index contributed by atoms with van der Waals surface area (Å²) < 4.78 is 10.6. The van der Waals surface area contributed by atoms with Gasteiger partial charge in [0.05, 0.1) is 6.61 Å². The van der Waals surface area contributed by atoms with E-state index in [-0.39, 0.29) is 12.5 Å². The molecule has 0 rings (SSSR count). The Morgan fingerprint density at radius 3 is 2.18 bits per heavy atom. The Labute approximate surface area is 139 Å². The van der Waals surface area contributed by atoms with Gasteiger partial charge in [0.1, 0.15) is 11.6 Å². The lowest BCUT2D eigenvalue weighted by atomic mass is 10.0. The smallest absolute Gasteiger partial charge is 0.411 e. The first-order valence-electron chi connectivity index (χ1n) is 7.86. The van der Waals surface area contributed by atoms with Crippen LogP contribution in [-0.4, -0.2) is 47.6 Å². The van der Waals surface area contributed by atoms with Crippen molar-refractivity contribution < 1.29 is 19.1 Å². The molecule has 0 N–H and O–H groups in total. The molecule has 0 unspecified atom stereocenters. The lowest BCUT2D eigenvalue weighted by Crippen LogP contribution is -2.50. The van der Waals surface area contributed by atoms with E-state index in [1.165, 1.54) is 4.90 Å². The van der Waals surface area contributed by atoms with Crippen molar-refractivity contribution in [3.05, 3.63) is 0 Å². The molecule has 0 bridgehead atoms. The molecule has 0 aliphatic rings. The highest BCUT2D eigenvalue weighted by molar-refractivity contribution is 6.17. The quantitative estimate of drug-likeness (QED) is 0.384. The van der Waals surface area contributed by atoms with Crippen molar-refractivity contribution in [2.75, 3.05) is 19.0 Å². The Morgan fingerprint density at radius 1 is 1.18 bits per heavy atom. The first kappa shape index (κ1) is 21.0. The molecule has 130 valence electrons. The summed E-state index contributed by atoms with van der Waals surface area (Å²) in [4.78, 5) is 26.2. The van der Waals surface area contributed by atoms with Gasteiger partial charge < -0.3 is 9.47 Å². The van der Waals surface area contributed by atoms with Gasteiger partial charge >= 0.3 is 12.1 Å². The Balaban J connectivity index is 5.21. The van der Waals surface area contributed by atoms with Gasteiger partial charge in [0.2, 0.25) is 0 Å². The lowest BCUT2D eigenvalue weighted by molar-refractivity contribution is -0.151. The third kappa shape index (κ3) is 7.87. The van der Waals surface area contributed by atoms with Crippen LogP contribution >= 0.6 is 11.6 Å². The van der Waals surface area contributed by atoms with Crippen molar-refractivity contribution in [3.63, 3.8) is 0 Å². The van der Waals surface area contributed by atoms with Crippen LogP contribution in [0.4, 0.5) is 4.79 Å². The molecule has 0 spiro atoms. The third-order valence-electron chi connectivity index (χ3n) is 2.91. The lowest BCUT2D eigenvalue weighted by Gasteiger charge is -2.34. The van der Waals surface area contributed by atoms with Gasteiger partial charge in [-0.15, -0.1) is 11.6 Å². The summed E-state index contributed by atoms with van der Waals surface area (Å²) in [6.07, 6.45) is 0.994. The second-order valence-corrected chi connectivity index (χ2v) is 6.89. The van der Waals surface area contributed by atoms with Gasteiger partial charge in [-0.1, -0.05) is 13.8 Å². The second-order valence-electron chi connectivity index (χ2n) is 6.51. The molecular weight excluding hydrogens is 306 g/mol. The van der Waals surface area contributed by atoms with E-state index in [1.807, 2.05) is 13.8 Å². The van der Waals surface area contributed by atoms with Crippen LogP contribution < -0.4 is 0 Å². The molecule has 0 aliphatic carbocycles. The predicted octanol–water partition coefficient (Wildman–Crippen LogP) is 3.83. The zero-order valence-corrected chi connectivity index (χ0v) is 15.4. The van der Waals surface area contributed by atoms with Gasteiger partial charge in [0, 0.05) is 12.4 Å². The van der Waals surface area contributed by atoms with Crippen molar-refractivity contribution in [2.24, 2.45) is 5.92 Å². The number of alkyl halides is 1. The van der Waals surface area contributed by atoms with Crippen molar-refractivity contribution in [2.45, 2.75) is 66.0 Å². The SMILES string of the molecule is CCOC(=O)[C@H](C(C)C)N(CCCCCl)C(=O)OC(C)(C)C. The molecule has 0 aliphatic heterocycles. The highest BCUT2D eigenvalue weighted by atomic mass is 35.5. The molecule has 0 heterocycles. The van der Waals surface area contributed by atoms with E-state index in [1.54, 1.807) is 27.7 Å².